The van der Waals surface area contributed by atoms with Gasteiger partial charge in [0.1, 0.15) is 11.5 Å². The van der Waals surface area contributed by atoms with Gasteiger partial charge in [-0.2, -0.15) is 0 Å². The molecule has 0 saturated carbocycles. The van der Waals surface area contributed by atoms with Crippen LogP contribution in [0.25, 0.3) is 0 Å². The molecule has 4 rings (SSSR count). The minimum atomic E-state index is 0.604. The van der Waals surface area contributed by atoms with Crippen molar-refractivity contribution in [3.05, 3.63) is 42.0 Å². The van der Waals surface area contributed by atoms with Gasteiger partial charge in [0.15, 0.2) is 5.82 Å². The third-order valence-electron chi connectivity index (χ3n) is 4.59. The third kappa shape index (κ3) is 2.46. The van der Waals surface area contributed by atoms with Gasteiger partial charge in [0.25, 0.3) is 0 Å². The van der Waals surface area contributed by atoms with Crippen LogP contribution in [0.3, 0.4) is 0 Å². The molecule has 2 aromatic rings. The van der Waals surface area contributed by atoms with Gasteiger partial charge in [-0.05, 0) is 57.1 Å². The van der Waals surface area contributed by atoms with E-state index in [-0.39, 0.29) is 0 Å². The second-order valence-corrected chi connectivity index (χ2v) is 6.15. The lowest BCUT2D eigenvalue weighted by atomic mass is 10.1. The number of aryl methyl sites for hydroxylation is 1. The van der Waals surface area contributed by atoms with E-state index in [1.807, 2.05) is 25.3 Å². The Balaban J connectivity index is 1.59. The first-order valence-corrected chi connectivity index (χ1v) is 8.04. The number of pyridine rings is 1. The van der Waals surface area contributed by atoms with Crippen LogP contribution in [-0.4, -0.2) is 30.8 Å². The van der Waals surface area contributed by atoms with Crippen molar-refractivity contribution in [2.45, 2.75) is 32.4 Å². The summed E-state index contributed by atoms with van der Waals surface area (Å²) in [6.07, 6.45) is 4.27. The van der Waals surface area contributed by atoms with E-state index in [2.05, 4.69) is 32.2 Å². The van der Waals surface area contributed by atoms with Crippen LogP contribution < -0.4 is 15.1 Å². The highest BCUT2D eigenvalue weighted by Crippen LogP contribution is 2.37. The summed E-state index contributed by atoms with van der Waals surface area (Å²) in [5.74, 6) is 3.04. The first kappa shape index (κ1) is 13.6. The first-order chi connectivity index (χ1) is 10.8. The van der Waals surface area contributed by atoms with E-state index >= 15 is 0 Å². The van der Waals surface area contributed by atoms with Crippen molar-refractivity contribution >= 4 is 11.5 Å². The van der Waals surface area contributed by atoms with Gasteiger partial charge < -0.3 is 19.5 Å². The molecule has 0 atom stereocenters. The van der Waals surface area contributed by atoms with Crippen LogP contribution in [0.2, 0.25) is 0 Å². The molecule has 0 spiro atoms. The number of furan rings is 1. The lowest BCUT2D eigenvalue weighted by Crippen LogP contribution is -2.44. The molecule has 1 N–H and O–H groups in total. The van der Waals surface area contributed by atoms with E-state index in [4.69, 9.17) is 4.42 Å². The maximum absolute atomic E-state index is 5.74. The third-order valence-corrected chi connectivity index (χ3v) is 4.59. The van der Waals surface area contributed by atoms with Crippen molar-refractivity contribution in [3.63, 3.8) is 0 Å². The number of piperidine rings is 1. The largest absolute Gasteiger partial charge is 0.464 e. The molecule has 0 radical (unpaired) electrons. The summed E-state index contributed by atoms with van der Waals surface area (Å²) in [5, 5.41) is 3.45. The Morgan fingerprint density at radius 1 is 1.27 bits per heavy atom. The lowest BCUT2D eigenvalue weighted by molar-refractivity contribution is 0.429. The second-order valence-electron chi connectivity index (χ2n) is 6.15. The zero-order valence-corrected chi connectivity index (χ0v) is 13.0. The summed E-state index contributed by atoms with van der Waals surface area (Å²) >= 11 is 0. The average Bonchev–Trinajstić information content (AvgIpc) is 3.13. The smallest absolute Gasteiger partial charge is 0.154 e. The molecule has 5 nitrogen and oxygen atoms in total. The number of nitrogens with zero attached hydrogens (tertiary/aromatic N) is 3. The molecule has 0 amide bonds. The monoisotopic (exact) mass is 298 g/mol. The van der Waals surface area contributed by atoms with Crippen LogP contribution in [0.15, 0.2) is 34.9 Å². The zero-order valence-electron chi connectivity index (χ0n) is 13.0. The minimum absolute atomic E-state index is 0.604. The van der Waals surface area contributed by atoms with Gasteiger partial charge in [-0.25, -0.2) is 4.98 Å². The van der Waals surface area contributed by atoms with Crippen molar-refractivity contribution in [3.8, 4) is 0 Å². The number of aromatic nitrogens is 1. The van der Waals surface area contributed by atoms with E-state index in [0.29, 0.717) is 6.04 Å². The summed E-state index contributed by atoms with van der Waals surface area (Å²) in [6, 6.07) is 8.92. The summed E-state index contributed by atoms with van der Waals surface area (Å²) in [5.41, 5.74) is 1.26. The summed E-state index contributed by atoms with van der Waals surface area (Å²) in [6.45, 7) is 5.87. The molecule has 2 aromatic heterocycles. The maximum Gasteiger partial charge on any atom is 0.154 e. The minimum Gasteiger partial charge on any atom is -0.464 e. The predicted octanol–water partition coefficient (Wildman–Crippen LogP) is 2.52. The van der Waals surface area contributed by atoms with Crippen LogP contribution in [0.1, 0.15) is 24.4 Å². The number of anilines is 2. The molecule has 2 aliphatic heterocycles. The molecule has 22 heavy (non-hydrogen) atoms. The van der Waals surface area contributed by atoms with Gasteiger partial charge in [0.05, 0.1) is 18.9 Å². The fourth-order valence-corrected chi connectivity index (χ4v) is 3.50. The average molecular weight is 298 g/mol. The molecule has 0 bridgehead atoms. The summed E-state index contributed by atoms with van der Waals surface area (Å²) in [4.78, 5) is 9.44. The molecule has 116 valence electrons. The molecule has 0 aliphatic carbocycles. The van der Waals surface area contributed by atoms with Gasteiger partial charge in [-0.1, -0.05) is 0 Å². The van der Waals surface area contributed by atoms with Gasteiger partial charge in [-0.3, -0.25) is 0 Å². The normalized spacial score (nSPS) is 18.8. The molecule has 2 aliphatic rings. The Bertz CT molecular complexity index is 648. The number of nitrogens with one attached hydrogen (secondary N) is 1. The predicted molar refractivity (Wildman–Crippen MR) is 87.1 cm³/mol. The molecule has 4 heterocycles. The van der Waals surface area contributed by atoms with Crippen LogP contribution in [0.5, 0.6) is 0 Å². The Morgan fingerprint density at radius 2 is 2.14 bits per heavy atom. The van der Waals surface area contributed by atoms with E-state index in [1.54, 1.807) is 0 Å². The summed E-state index contributed by atoms with van der Waals surface area (Å²) in [7, 11) is 0. The van der Waals surface area contributed by atoms with E-state index < -0.39 is 0 Å². The quantitative estimate of drug-likeness (QED) is 0.943. The fourth-order valence-electron chi connectivity index (χ4n) is 3.50. The Morgan fingerprint density at radius 3 is 2.91 bits per heavy atom. The number of rotatable bonds is 3. The molecule has 1 fully saturated rings. The number of fused-ring (bicyclic) bond motifs is 1. The zero-order chi connectivity index (χ0) is 14.9. The lowest BCUT2D eigenvalue weighted by Gasteiger charge is -2.33. The van der Waals surface area contributed by atoms with Gasteiger partial charge in [-0.15, -0.1) is 0 Å². The van der Waals surface area contributed by atoms with Crippen LogP contribution in [0.4, 0.5) is 11.5 Å². The van der Waals surface area contributed by atoms with E-state index in [9.17, 15) is 0 Å². The Hall–Kier alpha value is -2.01. The highest BCUT2D eigenvalue weighted by molar-refractivity contribution is 5.72. The van der Waals surface area contributed by atoms with E-state index in [1.165, 1.54) is 18.5 Å². The van der Waals surface area contributed by atoms with Gasteiger partial charge in [0.2, 0.25) is 0 Å². The van der Waals surface area contributed by atoms with Crippen molar-refractivity contribution in [2.75, 3.05) is 29.6 Å². The van der Waals surface area contributed by atoms with Crippen molar-refractivity contribution in [1.82, 2.24) is 10.3 Å². The Labute approximate surface area is 130 Å². The van der Waals surface area contributed by atoms with Gasteiger partial charge >= 0.3 is 0 Å². The standard InChI is InChI=1S/C17H22N4O/c1-13-4-5-15(22-13)11-20-12-21(14-6-9-18-10-7-14)16-3-2-8-19-17(16)20/h2-5,8,14,18H,6-7,9-12H2,1H3. The number of hydrogen-bond acceptors (Lipinski definition) is 5. The molecule has 0 aromatic carbocycles. The highest BCUT2D eigenvalue weighted by Gasteiger charge is 2.32. The number of hydrogen-bond donors (Lipinski definition) is 1. The van der Waals surface area contributed by atoms with Crippen LogP contribution in [0, 0.1) is 6.92 Å². The van der Waals surface area contributed by atoms with Crippen LogP contribution >= 0.6 is 0 Å². The van der Waals surface area contributed by atoms with Crippen molar-refractivity contribution in [1.29, 1.82) is 0 Å². The maximum atomic E-state index is 5.74. The Kier molecular flexibility index (Phi) is 3.50. The highest BCUT2D eigenvalue weighted by atomic mass is 16.3. The van der Waals surface area contributed by atoms with E-state index in [0.717, 1.165) is 43.6 Å². The molecular formula is C17H22N4O. The SMILES string of the molecule is Cc1ccc(CN2CN(C3CCNCC3)c3cccnc32)o1. The molecule has 0 unspecified atom stereocenters. The fraction of sp³-hybridized carbons (Fsp3) is 0.471. The first-order valence-electron chi connectivity index (χ1n) is 8.04. The topological polar surface area (TPSA) is 44.5 Å². The van der Waals surface area contributed by atoms with Crippen molar-refractivity contribution < 1.29 is 4.42 Å². The van der Waals surface area contributed by atoms with Gasteiger partial charge in [0, 0.05) is 12.2 Å². The van der Waals surface area contributed by atoms with Crippen molar-refractivity contribution in [2.24, 2.45) is 0 Å². The molecule has 1 saturated heterocycles. The van der Waals surface area contributed by atoms with Crippen LogP contribution in [-0.2, 0) is 6.54 Å². The molecule has 5 heteroatoms. The molecular weight excluding hydrogens is 276 g/mol. The second kappa shape index (κ2) is 5.65. The summed E-state index contributed by atoms with van der Waals surface area (Å²) < 4.78 is 5.74.